The fourth-order valence-corrected chi connectivity index (χ4v) is 7.57. The number of morpholine rings is 1. The van der Waals surface area contributed by atoms with Crippen LogP contribution in [0.5, 0.6) is 0 Å². The van der Waals surface area contributed by atoms with Gasteiger partial charge in [-0.3, -0.25) is 0 Å². The van der Waals surface area contributed by atoms with E-state index in [4.69, 9.17) is 15.5 Å². The normalized spacial score (nSPS) is 17.6. The quantitative estimate of drug-likeness (QED) is 0.410. The molecule has 3 aromatic heterocycles. The Bertz CT molecular complexity index is 1300. The zero-order valence-corrected chi connectivity index (χ0v) is 20.3. The molecule has 1 aliphatic heterocycles. The van der Waals surface area contributed by atoms with Crippen molar-refractivity contribution in [1.82, 2.24) is 15.0 Å². The number of rotatable bonds is 5. The Hall–Kier alpha value is -2.72. The molecule has 0 amide bonds. The molecular weight excluding hydrogens is 466 g/mol. The highest BCUT2D eigenvalue weighted by atomic mass is 32.2. The van der Waals surface area contributed by atoms with Crippen LogP contribution in [0.2, 0.25) is 0 Å². The van der Waals surface area contributed by atoms with E-state index < -0.39 is 11.2 Å². The topological polar surface area (TPSA) is 100 Å². The maximum absolute atomic E-state index is 13.2. The van der Waals surface area contributed by atoms with Crippen molar-refractivity contribution in [2.24, 2.45) is 0 Å². The molecule has 2 N–H and O–H groups in total. The van der Waals surface area contributed by atoms with E-state index in [0.29, 0.717) is 24.8 Å². The Balaban J connectivity index is 1.45. The Morgan fingerprint density at radius 3 is 2.47 bits per heavy atom. The number of hydrogen-bond donors (Lipinski definition) is 1. The number of nitrogens with two attached hydrogens (primary N) is 1. The number of thiophene rings is 1. The van der Waals surface area contributed by atoms with Crippen molar-refractivity contribution in [2.45, 2.75) is 28.7 Å². The lowest BCUT2D eigenvalue weighted by molar-refractivity contribution is 0.122. The summed E-state index contributed by atoms with van der Waals surface area (Å²) in [5.74, 6) is 0.704. The molecular formula is C25H25N5O2S2. The Kier molecular flexibility index (Phi) is 5.86. The molecule has 1 unspecified atom stereocenters. The fraction of sp³-hybridized carbons (Fsp3) is 0.320. The van der Waals surface area contributed by atoms with Crippen LogP contribution in [0.25, 0.3) is 32.6 Å². The summed E-state index contributed by atoms with van der Waals surface area (Å²) in [6.45, 7) is 2.95. The molecule has 0 radical (unpaired) electrons. The molecule has 6 rings (SSSR count). The molecule has 0 spiro atoms. The summed E-state index contributed by atoms with van der Waals surface area (Å²) in [7, 11) is 0. The predicted molar refractivity (Wildman–Crippen MR) is 138 cm³/mol. The number of anilines is 2. The number of benzene rings is 1. The number of pyridine rings is 1. The summed E-state index contributed by atoms with van der Waals surface area (Å²) in [6, 6.07) is 12.2. The summed E-state index contributed by atoms with van der Waals surface area (Å²) < 4.78 is 19.4. The SMILES string of the molecule is Nc1c([S+]([O-])C2CCC2)sc2nc(-c3cnc(N4CCOCC4)nc3)cc(-c3ccccc3)c12. The molecule has 2 aliphatic rings. The van der Waals surface area contributed by atoms with Gasteiger partial charge in [0.05, 0.1) is 18.9 Å². The molecule has 9 heteroatoms. The molecule has 1 saturated carbocycles. The lowest BCUT2D eigenvalue weighted by atomic mass is 10.00. The van der Waals surface area contributed by atoms with Gasteiger partial charge in [0.25, 0.3) is 0 Å². The van der Waals surface area contributed by atoms with Crippen molar-refractivity contribution in [3.63, 3.8) is 0 Å². The maximum Gasteiger partial charge on any atom is 0.232 e. The van der Waals surface area contributed by atoms with E-state index in [0.717, 1.165) is 69.2 Å². The van der Waals surface area contributed by atoms with Crippen LogP contribution >= 0.6 is 11.3 Å². The monoisotopic (exact) mass is 491 g/mol. The zero-order chi connectivity index (χ0) is 23.1. The number of ether oxygens (including phenoxy) is 1. The van der Waals surface area contributed by atoms with Crippen molar-refractivity contribution in [2.75, 3.05) is 36.9 Å². The summed E-state index contributed by atoms with van der Waals surface area (Å²) in [6.07, 6.45) is 6.78. The molecule has 4 heterocycles. The van der Waals surface area contributed by atoms with Crippen molar-refractivity contribution < 1.29 is 9.29 Å². The third-order valence-corrected chi connectivity index (χ3v) is 9.81. The van der Waals surface area contributed by atoms with E-state index in [1.807, 2.05) is 36.7 Å². The maximum atomic E-state index is 13.2. The van der Waals surface area contributed by atoms with E-state index in [9.17, 15) is 4.55 Å². The van der Waals surface area contributed by atoms with Crippen LogP contribution < -0.4 is 10.6 Å². The minimum atomic E-state index is -1.09. The predicted octanol–water partition coefficient (Wildman–Crippen LogP) is 4.50. The van der Waals surface area contributed by atoms with Crippen LogP contribution in [-0.4, -0.2) is 51.1 Å². The van der Waals surface area contributed by atoms with Crippen LogP contribution in [0.4, 0.5) is 11.6 Å². The largest absolute Gasteiger partial charge is 0.611 e. The van der Waals surface area contributed by atoms with Gasteiger partial charge in [0.1, 0.15) is 15.8 Å². The van der Waals surface area contributed by atoms with Crippen LogP contribution in [0, 0.1) is 0 Å². The van der Waals surface area contributed by atoms with Gasteiger partial charge in [0, 0.05) is 47.6 Å². The lowest BCUT2D eigenvalue weighted by Gasteiger charge is -2.27. The van der Waals surface area contributed by atoms with Gasteiger partial charge in [-0.1, -0.05) is 41.7 Å². The van der Waals surface area contributed by atoms with Gasteiger partial charge in [0.2, 0.25) is 10.2 Å². The van der Waals surface area contributed by atoms with Gasteiger partial charge in [-0.15, -0.1) is 0 Å². The fourth-order valence-electron chi connectivity index (χ4n) is 4.36. The molecule has 174 valence electrons. The third-order valence-electron chi connectivity index (χ3n) is 6.52. The van der Waals surface area contributed by atoms with Crippen molar-refractivity contribution in [1.29, 1.82) is 0 Å². The zero-order valence-electron chi connectivity index (χ0n) is 18.6. The first-order valence-electron chi connectivity index (χ1n) is 11.5. The molecule has 1 saturated heterocycles. The summed E-state index contributed by atoms with van der Waals surface area (Å²) in [5, 5.41) is 1.09. The van der Waals surface area contributed by atoms with E-state index >= 15 is 0 Å². The number of nitrogen functional groups attached to an aromatic ring is 1. The number of aromatic nitrogens is 3. The van der Waals surface area contributed by atoms with Crippen LogP contribution in [0.15, 0.2) is 53.0 Å². The molecule has 2 fully saturated rings. The Labute approximate surface area is 205 Å². The molecule has 7 nitrogen and oxygen atoms in total. The van der Waals surface area contributed by atoms with Gasteiger partial charge >= 0.3 is 0 Å². The summed E-state index contributed by atoms with van der Waals surface area (Å²) >= 11 is 0.360. The highest BCUT2D eigenvalue weighted by Gasteiger charge is 2.35. The first-order valence-corrected chi connectivity index (χ1v) is 13.6. The van der Waals surface area contributed by atoms with Gasteiger partial charge in [-0.25, -0.2) is 15.0 Å². The van der Waals surface area contributed by atoms with Crippen LogP contribution in [0.3, 0.4) is 0 Å². The Morgan fingerprint density at radius 2 is 1.79 bits per heavy atom. The number of hydrogen-bond acceptors (Lipinski definition) is 8. The van der Waals surface area contributed by atoms with Crippen LogP contribution in [0.1, 0.15) is 19.3 Å². The lowest BCUT2D eigenvalue weighted by Crippen LogP contribution is -2.37. The average molecular weight is 492 g/mol. The van der Waals surface area contributed by atoms with Gasteiger partial charge in [0.15, 0.2) is 0 Å². The average Bonchev–Trinajstić information content (AvgIpc) is 3.20. The molecule has 1 atom stereocenters. The smallest absolute Gasteiger partial charge is 0.232 e. The molecule has 0 bridgehead atoms. The van der Waals surface area contributed by atoms with Crippen molar-refractivity contribution in [3.05, 3.63) is 48.8 Å². The molecule has 4 aromatic rings. The minimum Gasteiger partial charge on any atom is -0.611 e. The molecule has 1 aliphatic carbocycles. The molecule has 34 heavy (non-hydrogen) atoms. The second-order valence-corrected chi connectivity index (χ2v) is 11.6. The van der Waals surface area contributed by atoms with E-state index in [-0.39, 0.29) is 5.25 Å². The number of fused-ring (bicyclic) bond motifs is 1. The van der Waals surface area contributed by atoms with E-state index in [2.05, 4.69) is 27.0 Å². The standard InChI is InChI=1S/C25H25N5O2S2/c26-22-21-19(16-5-2-1-3-6-16)13-20(29-23(21)33-24(22)34(31)18-7-4-8-18)17-14-27-25(28-15-17)30-9-11-32-12-10-30/h1-3,5-6,13-15,18H,4,7-12,26H2. The summed E-state index contributed by atoms with van der Waals surface area (Å²) in [4.78, 5) is 17.1. The van der Waals surface area contributed by atoms with E-state index in [1.165, 1.54) is 11.3 Å². The third kappa shape index (κ3) is 3.92. The number of nitrogens with zero attached hydrogens (tertiary/aromatic N) is 4. The Morgan fingerprint density at radius 1 is 1.06 bits per heavy atom. The first kappa shape index (κ1) is 21.8. The molecule has 1 aromatic carbocycles. The van der Waals surface area contributed by atoms with Crippen molar-refractivity contribution >= 4 is 44.4 Å². The van der Waals surface area contributed by atoms with Gasteiger partial charge < -0.3 is 19.9 Å². The second-order valence-electron chi connectivity index (χ2n) is 8.63. The second kappa shape index (κ2) is 9.14. The minimum absolute atomic E-state index is 0.205. The summed E-state index contributed by atoms with van der Waals surface area (Å²) in [5.41, 5.74) is 10.9. The first-order chi connectivity index (χ1) is 16.7. The highest BCUT2D eigenvalue weighted by Crippen LogP contribution is 2.45. The van der Waals surface area contributed by atoms with Crippen molar-refractivity contribution in [3.8, 4) is 22.4 Å². The van der Waals surface area contributed by atoms with Gasteiger partial charge in [-0.05, 0) is 36.5 Å². The van der Waals surface area contributed by atoms with Crippen LogP contribution in [-0.2, 0) is 15.9 Å². The van der Waals surface area contributed by atoms with Gasteiger partial charge in [-0.2, -0.15) is 0 Å². The van der Waals surface area contributed by atoms with E-state index in [1.54, 1.807) is 0 Å². The highest BCUT2D eigenvalue weighted by molar-refractivity contribution is 7.94.